The van der Waals surface area contributed by atoms with Gasteiger partial charge in [-0.25, -0.2) is 0 Å². The number of quaternary nitrogens is 1. The fraction of sp³-hybridized carbons (Fsp3) is 0.727. The summed E-state index contributed by atoms with van der Waals surface area (Å²) in [6.45, 7) is 9.93. The first kappa shape index (κ1) is 17.1. The van der Waals surface area contributed by atoms with Gasteiger partial charge in [0.05, 0.1) is 19.6 Å². The highest BCUT2D eigenvalue weighted by molar-refractivity contribution is 5.26. The third-order valence-electron chi connectivity index (χ3n) is 3.71. The summed E-state index contributed by atoms with van der Waals surface area (Å²) in [4.78, 5) is 14.4. The quantitative estimate of drug-likeness (QED) is 0.372. The number of hydrogen-bond acceptors (Lipinski definition) is 3. The summed E-state index contributed by atoms with van der Waals surface area (Å²) in [6.07, 6.45) is 1.52. The number of aryl methyl sites for hydroxylation is 1. The summed E-state index contributed by atoms with van der Waals surface area (Å²) in [5, 5.41) is 10.9. The van der Waals surface area contributed by atoms with Crippen molar-refractivity contribution in [3.8, 4) is 0 Å². The minimum atomic E-state index is -0.398. The van der Waals surface area contributed by atoms with Crippen LogP contribution in [0, 0.1) is 10.1 Å². The predicted octanol–water partition coefficient (Wildman–Crippen LogP) is -1.29. The molecule has 0 saturated heterocycles. The van der Waals surface area contributed by atoms with Gasteiger partial charge in [0.15, 0.2) is 5.69 Å². The Labute approximate surface area is 118 Å². The lowest BCUT2D eigenvalue weighted by Gasteiger charge is -2.35. The lowest BCUT2D eigenvalue weighted by atomic mass is 10.2. The summed E-state index contributed by atoms with van der Waals surface area (Å²) < 4.78 is 2.60. The van der Waals surface area contributed by atoms with E-state index in [1.54, 1.807) is 4.57 Å². The van der Waals surface area contributed by atoms with Crippen molar-refractivity contribution in [1.29, 1.82) is 0 Å². The number of nitro groups is 1. The minimum Gasteiger partial charge on any atom is -1.00 e. The van der Waals surface area contributed by atoms with Gasteiger partial charge in [-0.2, -0.15) is 0 Å². The molecular formula is C11H21BrN4O2. The molecule has 6 nitrogen and oxygen atoms in total. The number of rotatable bonds is 6. The van der Waals surface area contributed by atoms with Crippen molar-refractivity contribution in [3.63, 3.8) is 0 Å². The van der Waals surface area contributed by atoms with Crippen LogP contribution < -0.4 is 17.0 Å². The number of halogens is 1. The topological polar surface area (TPSA) is 61.0 Å². The van der Waals surface area contributed by atoms with Crippen LogP contribution in [0.25, 0.3) is 0 Å². The second-order valence-corrected chi connectivity index (χ2v) is 4.33. The SMILES string of the molecule is CC[N+](CC)(CC)Cc1c([N+](=O)[O-])ncn1C.[Br-]. The fourth-order valence-corrected chi connectivity index (χ4v) is 2.10. The number of aromatic nitrogens is 2. The maximum absolute atomic E-state index is 10.9. The van der Waals surface area contributed by atoms with Gasteiger partial charge in [0.1, 0.15) is 6.54 Å². The smallest absolute Gasteiger partial charge is 0.390 e. The minimum absolute atomic E-state index is 0. The Kier molecular flexibility index (Phi) is 6.48. The Morgan fingerprint density at radius 2 is 1.83 bits per heavy atom. The molecular weight excluding hydrogens is 300 g/mol. The van der Waals surface area contributed by atoms with E-state index < -0.39 is 4.92 Å². The molecule has 0 spiro atoms. The zero-order chi connectivity index (χ0) is 13.1. The normalized spacial score (nSPS) is 11.1. The molecule has 0 saturated carbocycles. The molecule has 0 atom stereocenters. The third-order valence-corrected chi connectivity index (χ3v) is 3.71. The summed E-state index contributed by atoms with van der Waals surface area (Å²) in [5.41, 5.74) is 0.709. The molecule has 1 aromatic heterocycles. The highest BCUT2D eigenvalue weighted by Gasteiger charge is 2.29. The van der Waals surface area contributed by atoms with Gasteiger partial charge in [0, 0.05) is 7.05 Å². The molecule has 0 aliphatic carbocycles. The maximum Gasteiger partial charge on any atom is 0.390 e. The van der Waals surface area contributed by atoms with Crippen LogP contribution in [-0.2, 0) is 13.6 Å². The highest BCUT2D eigenvalue weighted by atomic mass is 79.9. The van der Waals surface area contributed by atoms with Crippen LogP contribution in [0.5, 0.6) is 0 Å². The van der Waals surface area contributed by atoms with E-state index in [0.29, 0.717) is 12.2 Å². The van der Waals surface area contributed by atoms with E-state index in [4.69, 9.17) is 0 Å². The lowest BCUT2D eigenvalue weighted by molar-refractivity contribution is -0.936. The van der Waals surface area contributed by atoms with E-state index in [-0.39, 0.29) is 22.8 Å². The second kappa shape index (κ2) is 6.84. The number of hydrogen-bond donors (Lipinski definition) is 0. The summed E-state index contributed by atoms with van der Waals surface area (Å²) in [7, 11) is 1.81. The van der Waals surface area contributed by atoms with Crippen molar-refractivity contribution < 1.29 is 26.4 Å². The zero-order valence-corrected chi connectivity index (χ0v) is 13.0. The molecule has 18 heavy (non-hydrogen) atoms. The van der Waals surface area contributed by atoms with Crippen molar-refractivity contribution in [2.24, 2.45) is 7.05 Å². The first-order valence-corrected chi connectivity index (χ1v) is 5.99. The molecule has 0 radical (unpaired) electrons. The molecule has 1 aromatic rings. The van der Waals surface area contributed by atoms with E-state index >= 15 is 0 Å². The first-order valence-electron chi connectivity index (χ1n) is 5.99. The molecule has 0 aliphatic rings. The van der Waals surface area contributed by atoms with E-state index in [0.717, 1.165) is 24.1 Å². The molecule has 0 fully saturated rings. The Morgan fingerprint density at radius 3 is 2.22 bits per heavy atom. The van der Waals surface area contributed by atoms with Crippen LogP contribution in [0.4, 0.5) is 5.82 Å². The van der Waals surface area contributed by atoms with Gasteiger partial charge < -0.3 is 36.1 Å². The fourth-order valence-electron chi connectivity index (χ4n) is 2.10. The van der Waals surface area contributed by atoms with E-state index in [9.17, 15) is 10.1 Å². The van der Waals surface area contributed by atoms with Gasteiger partial charge in [-0.1, -0.05) is 0 Å². The predicted molar refractivity (Wildman–Crippen MR) is 65.4 cm³/mol. The zero-order valence-electron chi connectivity index (χ0n) is 11.4. The Morgan fingerprint density at radius 1 is 1.33 bits per heavy atom. The van der Waals surface area contributed by atoms with Crippen LogP contribution >= 0.6 is 0 Å². The molecule has 0 aromatic carbocycles. The van der Waals surface area contributed by atoms with E-state index in [2.05, 4.69) is 25.8 Å². The Bertz CT molecular complexity index is 393. The van der Waals surface area contributed by atoms with Crippen molar-refractivity contribution >= 4 is 5.82 Å². The summed E-state index contributed by atoms with van der Waals surface area (Å²) in [5.74, 6) is -0.00894. The molecule has 0 N–H and O–H groups in total. The monoisotopic (exact) mass is 320 g/mol. The van der Waals surface area contributed by atoms with Crippen molar-refractivity contribution in [1.82, 2.24) is 9.55 Å². The molecule has 0 amide bonds. The Hall–Kier alpha value is -0.950. The van der Waals surface area contributed by atoms with Crippen molar-refractivity contribution in [2.45, 2.75) is 27.3 Å². The standard InChI is InChI=1S/C11H21N4O2.BrH/c1-5-15(6-2,7-3)8-10-11(14(16)17)12-9-13(10)4;/h9H,5-8H2,1-4H3;1H/q+1;/p-1. The highest BCUT2D eigenvalue weighted by Crippen LogP contribution is 2.21. The lowest BCUT2D eigenvalue weighted by Crippen LogP contribution is -3.00. The average molecular weight is 321 g/mol. The van der Waals surface area contributed by atoms with Gasteiger partial charge >= 0.3 is 5.82 Å². The largest absolute Gasteiger partial charge is 1.00 e. The van der Waals surface area contributed by atoms with Crippen LogP contribution in [-0.4, -0.2) is 38.6 Å². The van der Waals surface area contributed by atoms with Crippen LogP contribution in [0.2, 0.25) is 0 Å². The van der Waals surface area contributed by atoms with Gasteiger partial charge in [-0.3, -0.25) is 0 Å². The number of imidazole rings is 1. The van der Waals surface area contributed by atoms with Crippen LogP contribution in [0.15, 0.2) is 6.33 Å². The van der Waals surface area contributed by atoms with E-state index in [1.807, 2.05) is 7.05 Å². The van der Waals surface area contributed by atoms with Crippen molar-refractivity contribution in [2.75, 3.05) is 19.6 Å². The molecule has 7 heteroatoms. The molecule has 0 aliphatic heterocycles. The molecule has 0 bridgehead atoms. The molecule has 1 rings (SSSR count). The summed E-state index contributed by atoms with van der Waals surface area (Å²) in [6, 6.07) is 0. The van der Waals surface area contributed by atoms with Crippen LogP contribution in [0.1, 0.15) is 26.5 Å². The average Bonchev–Trinajstić information content (AvgIpc) is 2.68. The van der Waals surface area contributed by atoms with Gasteiger partial charge in [-0.05, 0) is 30.7 Å². The third kappa shape index (κ3) is 3.29. The van der Waals surface area contributed by atoms with Crippen molar-refractivity contribution in [3.05, 3.63) is 22.1 Å². The van der Waals surface area contributed by atoms with Gasteiger partial charge in [-0.15, -0.1) is 0 Å². The number of nitrogens with zero attached hydrogens (tertiary/aromatic N) is 4. The van der Waals surface area contributed by atoms with Gasteiger partial charge in [0.2, 0.25) is 6.33 Å². The van der Waals surface area contributed by atoms with Crippen LogP contribution in [0.3, 0.4) is 0 Å². The first-order chi connectivity index (χ1) is 7.99. The molecule has 1 heterocycles. The second-order valence-electron chi connectivity index (χ2n) is 4.33. The van der Waals surface area contributed by atoms with Gasteiger partial charge in [0.25, 0.3) is 0 Å². The molecule has 104 valence electrons. The maximum atomic E-state index is 10.9. The Balaban J connectivity index is 0.00000289. The molecule has 0 unspecified atom stereocenters. The summed E-state index contributed by atoms with van der Waals surface area (Å²) >= 11 is 0. The van der Waals surface area contributed by atoms with E-state index in [1.165, 1.54) is 6.33 Å².